The van der Waals surface area contributed by atoms with Gasteiger partial charge in [0.2, 0.25) is 0 Å². The third-order valence-electron chi connectivity index (χ3n) is 1.91. The zero-order valence-electron chi connectivity index (χ0n) is 10.4. The summed E-state index contributed by atoms with van der Waals surface area (Å²) in [6.45, 7) is 3.51. The highest BCUT2D eigenvalue weighted by molar-refractivity contribution is 5.61. The molecular formula is C11H14F4O3. The molecule has 0 aliphatic carbocycles. The molecule has 0 aromatic rings. The lowest BCUT2D eigenvalue weighted by Gasteiger charge is -2.22. The molecule has 3 nitrogen and oxygen atoms in total. The lowest BCUT2D eigenvalue weighted by atomic mass is 10.3. The van der Waals surface area contributed by atoms with Gasteiger partial charge in [0.05, 0.1) is 0 Å². The highest BCUT2D eigenvalue weighted by atomic mass is 19.2. The van der Waals surface area contributed by atoms with Gasteiger partial charge in [-0.05, 0) is 26.0 Å². The molecule has 0 aliphatic rings. The fourth-order valence-electron chi connectivity index (χ4n) is 0.947. The Morgan fingerprint density at radius 1 is 0.944 bits per heavy atom. The molecular weight excluding hydrogens is 256 g/mol. The summed E-state index contributed by atoms with van der Waals surface area (Å²) >= 11 is 0. The number of hydrogen-bond acceptors (Lipinski definition) is 3. The van der Waals surface area contributed by atoms with Crippen molar-refractivity contribution in [2.24, 2.45) is 0 Å². The van der Waals surface area contributed by atoms with Crippen LogP contribution in [0.25, 0.3) is 0 Å². The lowest BCUT2D eigenvalue weighted by Crippen LogP contribution is -2.33. The predicted octanol–water partition coefficient (Wildman–Crippen LogP) is 4.26. The number of allylic oxidation sites excluding steroid dienone is 2. The summed E-state index contributed by atoms with van der Waals surface area (Å²) in [5.74, 6) is -9.00. The summed E-state index contributed by atoms with van der Waals surface area (Å²) in [5, 5.41) is 0. The molecule has 0 saturated heterocycles. The summed E-state index contributed by atoms with van der Waals surface area (Å²) in [7, 11) is 0. The maximum atomic E-state index is 13.4. The monoisotopic (exact) mass is 270 g/mol. The molecule has 104 valence electrons. The van der Waals surface area contributed by atoms with E-state index in [4.69, 9.17) is 0 Å². The van der Waals surface area contributed by atoms with E-state index in [1.165, 1.54) is 13.8 Å². The first-order valence-electron chi connectivity index (χ1n) is 5.01. The van der Waals surface area contributed by atoms with Crippen LogP contribution >= 0.6 is 0 Å². The van der Waals surface area contributed by atoms with Gasteiger partial charge in [0, 0.05) is 13.8 Å². The molecule has 0 N–H and O–H groups in total. The first kappa shape index (κ1) is 16.5. The van der Waals surface area contributed by atoms with E-state index in [-0.39, 0.29) is 0 Å². The molecule has 18 heavy (non-hydrogen) atoms. The first-order chi connectivity index (χ1) is 8.06. The molecule has 0 rings (SSSR count). The molecule has 7 heteroatoms. The molecule has 0 radical (unpaired) electrons. The Hall–Kier alpha value is -1.53. The third kappa shape index (κ3) is 4.38. The van der Waals surface area contributed by atoms with Crippen molar-refractivity contribution in [3.05, 3.63) is 23.8 Å². The fraction of sp³-hybridized carbons (Fsp3) is 0.545. The average Bonchev–Trinajstić information content (AvgIpc) is 2.24. The van der Waals surface area contributed by atoms with E-state index < -0.39 is 29.5 Å². The Morgan fingerprint density at radius 2 is 1.22 bits per heavy atom. The second-order valence-corrected chi connectivity index (χ2v) is 3.56. The van der Waals surface area contributed by atoms with E-state index in [0.717, 1.165) is 0 Å². The molecule has 2 atom stereocenters. The quantitative estimate of drug-likeness (QED) is 0.565. The Bertz CT molecular complexity index is 338. The molecule has 0 heterocycles. The Morgan fingerprint density at radius 3 is 1.44 bits per heavy atom. The van der Waals surface area contributed by atoms with Crippen molar-refractivity contribution >= 4 is 6.16 Å². The maximum Gasteiger partial charge on any atom is 0.514 e. The SMILES string of the molecule is CC=C(F)C(C)(F)OC(=O)OC(C)(F)C(F)=CC. The summed E-state index contributed by atoms with van der Waals surface area (Å²) in [5.41, 5.74) is 0. The number of ether oxygens (including phenoxy) is 2. The Kier molecular flexibility index (Phi) is 5.38. The molecule has 2 unspecified atom stereocenters. The molecule has 0 bridgehead atoms. The standard InChI is InChI=1S/C11H14F4O3/c1-5-7(12)10(3,14)17-9(16)18-11(4,15)8(13)6-2/h5-6H,1-4H3. The topological polar surface area (TPSA) is 35.5 Å². The van der Waals surface area contributed by atoms with Crippen LogP contribution < -0.4 is 0 Å². The van der Waals surface area contributed by atoms with Crippen LogP contribution in [-0.2, 0) is 9.47 Å². The fourth-order valence-corrected chi connectivity index (χ4v) is 0.947. The van der Waals surface area contributed by atoms with Crippen LogP contribution in [0, 0.1) is 0 Å². The maximum absolute atomic E-state index is 13.4. The second-order valence-electron chi connectivity index (χ2n) is 3.56. The van der Waals surface area contributed by atoms with Gasteiger partial charge in [-0.15, -0.1) is 0 Å². The first-order valence-corrected chi connectivity index (χ1v) is 5.01. The van der Waals surface area contributed by atoms with E-state index in [1.807, 2.05) is 0 Å². The number of halogens is 4. The van der Waals surface area contributed by atoms with Crippen LogP contribution in [0.2, 0.25) is 0 Å². The number of carbonyl (C=O) groups is 1. The molecule has 0 aromatic carbocycles. The van der Waals surface area contributed by atoms with Gasteiger partial charge >= 0.3 is 17.9 Å². The van der Waals surface area contributed by atoms with Gasteiger partial charge in [-0.1, -0.05) is 0 Å². The van der Waals surface area contributed by atoms with Crippen molar-refractivity contribution in [1.29, 1.82) is 0 Å². The van der Waals surface area contributed by atoms with E-state index in [9.17, 15) is 22.4 Å². The molecule has 0 aliphatic heterocycles. The molecule has 0 fully saturated rings. The normalized spacial score (nSPS) is 19.8. The van der Waals surface area contributed by atoms with Gasteiger partial charge in [-0.2, -0.15) is 8.78 Å². The van der Waals surface area contributed by atoms with Crippen molar-refractivity contribution in [1.82, 2.24) is 0 Å². The minimum absolute atomic E-state index is 0.588. The van der Waals surface area contributed by atoms with Crippen molar-refractivity contribution < 1.29 is 31.8 Å². The van der Waals surface area contributed by atoms with Gasteiger partial charge in [0.15, 0.2) is 11.7 Å². The molecule has 0 aromatic heterocycles. The van der Waals surface area contributed by atoms with Crippen molar-refractivity contribution in [3.8, 4) is 0 Å². The van der Waals surface area contributed by atoms with Crippen LogP contribution in [0.4, 0.5) is 22.4 Å². The Labute approximate surface area is 102 Å². The van der Waals surface area contributed by atoms with Crippen LogP contribution in [0.5, 0.6) is 0 Å². The number of alkyl halides is 2. The van der Waals surface area contributed by atoms with Gasteiger partial charge in [-0.3, -0.25) is 0 Å². The van der Waals surface area contributed by atoms with E-state index in [2.05, 4.69) is 9.47 Å². The third-order valence-corrected chi connectivity index (χ3v) is 1.91. The highest BCUT2D eigenvalue weighted by Crippen LogP contribution is 2.28. The van der Waals surface area contributed by atoms with Gasteiger partial charge < -0.3 is 9.47 Å². The molecule has 0 amide bonds. The van der Waals surface area contributed by atoms with Crippen molar-refractivity contribution in [2.75, 3.05) is 0 Å². The van der Waals surface area contributed by atoms with E-state index >= 15 is 0 Å². The molecule has 0 saturated carbocycles. The average molecular weight is 270 g/mol. The van der Waals surface area contributed by atoms with Crippen LogP contribution in [0.3, 0.4) is 0 Å². The van der Waals surface area contributed by atoms with Crippen LogP contribution in [0.1, 0.15) is 27.7 Å². The summed E-state index contributed by atoms with van der Waals surface area (Å²) in [6.07, 6.45) is -0.442. The van der Waals surface area contributed by atoms with Crippen molar-refractivity contribution in [3.63, 3.8) is 0 Å². The number of hydrogen-bond donors (Lipinski definition) is 0. The smallest absolute Gasteiger partial charge is 0.390 e. The minimum atomic E-state index is -3.10. The summed E-state index contributed by atoms with van der Waals surface area (Å²) in [6, 6.07) is 0. The zero-order valence-corrected chi connectivity index (χ0v) is 10.4. The minimum Gasteiger partial charge on any atom is -0.390 e. The summed E-state index contributed by atoms with van der Waals surface area (Å²) < 4.78 is 60.4. The predicted molar refractivity (Wildman–Crippen MR) is 56.3 cm³/mol. The van der Waals surface area contributed by atoms with Crippen molar-refractivity contribution in [2.45, 2.75) is 39.4 Å². The second kappa shape index (κ2) is 5.88. The number of carbonyl (C=O) groups excluding carboxylic acids is 1. The molecule has 0 spiro atoms. The van der Waals surface area contributed by atoms with E-state index in [1.54, 1.807) is 0 Å². The lowest BCUT2D eigenvalue weighted by molar-refractivity contribution is -0.141. The van der Waals surface area contributed by atoms with Gasteiger partial charge in [0.25, 0.3) is 0 Å². The largest absolute Gasteiger partial charge is 0.514 e. The summed E-state index contributed by atoms with van der Waals surface area (Å²) in [4.78, 5) is 11.0. The van der Waals surface area contributed by atoms with Crippen LogP contribution in [0.15, 0.2) is 23.8 Å². The zero-order chi connectivity index (χ0) is 14.6. The van der Waals surface area contributed by atoms with E-state index in [0.29, 0.717) is 26.0 Å². The van der Waals surface area contributed by atoms with Crippen LogP contribution in [-0.4, -0.2) is 17.9 Å². The van der Waals surface area contributed by atoms with Gasteiger partial charge in [-0.25, -0.2) is 13.6 Å². The van der Waals surface area contributed by atoms with Gasteiger partial charge in [0.1, 0.15) is 0 Å². The Balaban J connectivity index is 4.73. The highest BCUT2D eigenvalue weighted by Gasteiger charge is 2.39. The number of rotatable bonds is 4.